The highest BCUT2D eigenvalue weighted by atomic mass is 35.5. The summed E-state index contributed by atoms with van der Waals surface area (Å²) in [6.07, 6.45) is 1.94. The first-order chi connectivity index (χ1) is 23.3. The van der Waals surface area contributed by atoms with Crippen LogP contribution in [-0.4, -0.2) is 71.6 Å². The average Bonchev–Trinajstić information content (AvgIpc) is 3.42. The number of imide groups is 2. The van der Waals surface area contributed by atoms with E-state index in [4.69, 9.17) is 27.9 Å². The van der Waals surface area contributed by atoms with E-state index in [1.165, 1.54) is 31.2 Å². The molecule has 7 rings (SSSR count). The lowest BCUT2D eigenvalue weighted by atomic mass is 9.56. The molecule has 49 heavy (non-hydrogen) atoms. The van der Waals surface area contributed by atoms with Gasteiger partial charge >= 0.3 is 0 Å². The van der Waals surface area contributed by atoms with E-state index < -0.39 is 51.1 Å². The van der Waals surface area contributed by atoms with Gasteiger partial charge in [0.05, 0.1) is 36.0 Å². The average molecular weight is 703 g/mol. The standard InChI is InChI=1S/C36H33Cl2N5O6/c1-41(2)22-10-6-20(7-11-22)39-40-21-8-12-23(13-9-21)43-31(45)25-15-14-24-26(29(25)32(43)46)18-35(37)33(47)42(3)34(48)36(35,38)30(24)19-5-16-28(49-4)27(44)17-19/h5-14,16-17,25-26,29-30,44H,15,18H2,1-4H3. The first-order valence-electron chi connectivity index (χ1n) is 15.8. The molecular formula is C36H33Cl2N5O6. The highest BCUT2D eigenvalue weighted by Gasteiger charge is 2.75. The Morgan fingerprint density at radius 2 is 1.51 bits per heavy atom. The van der Waals surface area contributed by atoms with Crippen molar-refractivity contribution in [1.29, 1.82) is 0 Å². The smallest absolute Gasteiger partial charge is 0.253 e. The van der Waals surface area contributed by atoms with Crippen molar-refractivity contribution >= 4 is 69.6 Å². The van der Waals surface area contributed by atoms with Crippen LogP contribution in [-0.2, 0) is 19.2 Å². The Morgan fingerprint density at radius 1 is 0.878 bits per heavy atom. The monoisotopic (exact) mass is 701 g/mol. The highest BCUT2D eigenvalue weighted by Crippen LogP contribution is 2.65. The van der Waals surface area contributed by atoms with Crippen LogP contribution in [0.3, 0.4) is 0 Å². The van der Waals surface area contributed by atoms with Gasteiger partial charge in [-0.2, -0.15) is 10.2 Å². The van der Waals surface area contributed by atoms with Crippen molar-refractivity contribution in [3.05, 3.63) is 83.9 Å². The third kappa shape index (κ3) is 4.77. The van der Waals surface area contributed by atoms with Crippen LogP contribution in [0.5, 0.6) is 11.5 Å². The van der Waals surface area contributed by atoms with Gasteiger partial charge in [0.1, 0.15) is 0 Å². The van der Waals surface area contributed by atoms with Gasteiger partial charge in [-0.25, -0.2) is 0 Å². The van der Waals surface area contributed by atoms with Gasteiger partial charge in [0, 0.05) is 32.7 Å². The van der Waals surface area contributed by atoms with Crippen LogP contribution in [0.15, 0.2) is 88.6 Å². The second-order valence-electron chi connectivity index (χ2n) is 13.1. The van der Waals surface area contributed by atoms with Crippen LogP contribution >= 0.6 is 23.2 Å². The Balaban J connectivity index is 1.21. The number of carbonyl (C=O) groups is 4. The number of alkyl halides is 2. The molecule has 4 aliphatic rings. The summed E-state index contributed by atoms with van der Waals surface area (Å²) in [7, 11) is 6.65. The number of azo groups is 1. The molecule has 6 atom stereocenters. The molecule has 252 valence electrons. The number of benzene rings is 3. The summed E-state index contributed by atoms with van der Waals surface area (Å²) in [6, 6.07) is 18.9. The minimum Gasteiger partial charge on any atom is -0.504 e. The number of carbonyl (C=O) groups excluding carboxylic acids is 4. The number of fused-ring (bicyclic) bond motifs is 4. The SMILES string of the molecule is COc1ccc(C2C3=CCC4C(=O)N(c5ccc(N=Nc6ccc(N(C)C)cc6)cc5)C(=O)C4C3CC3(Cl)C(=O)N(C)C(=O)C23Cl)cc1O. The van der Waals surface area contributed by atoms with Crippen molar-refractivity contribution in [3.63, 3.8) is 0 Å². The zero-order valence-corrected chi connectivity index (χ0v) is 28.6. The van der Waals surface area contributed by atoms with Crippen LogP contribution in [0.2, 0.25) is 0 Å². The summed E-state index contributed by atoms with van der Waals surface area (Å²) in [5.74, 6) is -5.34. The highest BCUT2D eigenvalue weighted by molar-refractivity contribution is 6.53. The van der Waals surface area contributed by atoms with Gasteiger partial charge in [-0.1, -0.05) is 17.7 Å². The maximum atomic E-state index is 14.3. The molecule has 11 nitrogen and oxygen atoms in total. The van der Waals surface area contributed by atoms with E-state index in [2.05, 4.69) is 10.2 Å². The molecule has 2 aliphatic heterocycles. The molecular weight excluding hydrogens is 669 g/mol. The van der Waals surface area contributed by atoms with Crippen molar-refractivity contribution in [2.24, 2.45) is 28.0 Å². The second kappa shape index (κ2) is 11.7. The van der Waals surface area contributed by atoms with Crippen LogP contribution < -0.4 is 14.5 Å². The van der Waals surface area contributed by atoms with Gasteiger partial charge in [0.2, 0.25) is 11.8 Å². The van der Waals surface area contributed by atoms with Gasteiger partial charge in [-0.15, -0.1) is 23.2 Å². The number of aromatic hydroxyl groups is 1. The Kier molecular flexibility index (Phi) is 7.83. The van der Waals surface area contributed by atoms with E-state index in [0.717, 1.165) is 10.6 Å². The largest absolute Gasteiger partial charge is 0.504 e. The third-order valence-corrected chi connectivity index (χ3v) is 11.7. The number of hydrogen-bond donors (Lipinski definition) is 1. The quantitative estimate of drug-likeness (QED) is 0.143. The van der Waals surface area contributed by atoms with Gasteiger partial charge in [-0.05, 0) is 85.0 Å². The Morgan fingerprint density at radius 3 is 2.10 bits per heavy atom. The molecule has 3 aromatic rings. The van der Waals surface area contributed by atoms with Crippen LogP contribution in [0.4, 0.5) is 22.7 Å². The van der Waals surface area contributed by atoms with Crippen molar-refractivity contribution in [3.8, 4) is 11.5 Å². The topological polar surface area (TPSA) is 132 Å². The van der Waals surface area contributed by atoms with Crippen molar-refractivity contribution < 1.29 is 29.0 Å². The molecule has 2 aliphatic carbocycles. The number of allylic oxidation sites excluding steroid dienone is 2. The maximum Gasteiger partial charge on any atom is 0.253 e. The Bertz CT molecular complexity index is 1960. The molecule has 1 saturated carbocycles. The third-order valence-electron chi connectivity index (χ3n) is 10.3. The molecule has 2 heterocycles. The molecule has 2 saturated heterocycles. The fraction of sp³-hybridized carbons (Fsp3) is 0.333. The molecule has 1 N–H and O–H groups in total. The summed E-state index contributed by atoms with van der Waals surface area (Å²) < 4.78 is 5.22. The number of hydrogen-bond acceptors (Lipinski definition) is 9. The fourth-order valence-corrected chi connectivity index (χ4v) is 8.88. The molecule has 0 bridgehead atoms. The van der Waals surface area contributed by atoms with Crippen LogP contribution in [0, 0.1) is 17.8 Å². The Hall–Kier alpha value is -4.74. The Labute approximate surface area is 292 Å². The summed E-state index contributed by atoms with van der Waals surface area (Å²) in [6.45, 7) is 0. The van der Waals surface area contributed by atoms with Crippen LogP contribution in [0.1, 0.15) is 24.3 Å². The van der Waals surface area contributed by atoms with E-state index in [1.54, 1.807) is 30.3 Å². The first-order valence-corrected chi connectivity index (χ1v) is 16.5. The predicted octanol–water partition coefficient (Wildman–Crippen LogP) is 6.08. The van der Waals surface area contributed by atoms with E-state index in [9.17, 15) is 24.3 Å². The minimum atomic E-state index is -1.94. The second-order valence-corrected chi connectivity index (χ2v) is 14.3. The normalized spacial score (nSPS) is 29.2. The molecule has 3 aromatic carbocycles. The zero-order chi connectivity index (χ0) is 35.0. The number of anilines is 2. The van der Waals surface area contributed by atoms with Gasteiger partial charge in [-0.3, -0.25) is 29.0 Å². The predicted molar refractivity (Wildman–Crippen MR) is 184 cm³/mol. The number of phenols is 1. The number of amides is 4. The number of ether oxygens (including phenoxy) is 1. The maximum absolute atomic E-state index is 14.3. The van der Waals surface area contributed by atoms with E-state index in [0.29, 0.717) is 28.2 Å². The molecule has 13 heteroatoms. The molecule has 4 amide bonds. The molecule has 6 unspecified atom stereocenters. The summed E-state index contributed by atoms with van der Waals surface area (Å²) >= 11 is 14.4. The number of methoxy groups -OCH3 is 1. The molecule has 0 radical (unpaired) electrons. The molecule has 0 aromatic heterocycles. The van der Waals surface area contributed by atoms with E-state index >= 15 is 0 Å². The van der Waals surface area contributed by atoms with Gasteiger partial charge < -0.3 is 14.7 Å². The number of halogens is 2. The molecule has 3 fully saturated rings. The van der Waals surface area contributed by atoms with Crippen LogP contribution in [0.25, 0.3) is 0 Å². The lowest BCUT2D eigenvalue weighted by Gasteiger charge is -2.50. The number of rotatable bonds is 6. The first kappa shape index (κ1) is 32.8. The van der Waals surface area contributed by atoms with Gasteiger partial charge in [0.25, 0.3) is 11.8 Å². The fourth-order valence-electron chi connectivity index (χ4n) is 7.86. The summed E-state index contributed by atoms with van der Waals surface area (Å²) in [4.78, 5) is 55.8. The summed E-state index contributed by atoms with van der Waals surface area (Å²) in [5.41, 5.74) is 3.69. The summed E-state index contributed by atoms with van der Waals surface area (Å²) in [5, 5.41) is 19.3. The zero-order valence-electron chi connectivity index (χ0n) is 27.1. The van der Waals surface area contributed by atoms with Crippen molar-refractivity contribution in [1.82, 2.24) is 4.90 Å². The lowest BCUT2D eigenvalue weighted by Crippen LogP contribution is -2.60. The number of nitrogens with zero attached hydrogens (tertiary/aromatic N) is 5. The van der Waals surface area contributed by atoms with Crippen molar-refractivity contribution in [2.45, 2.75) is 28.5 Å². The van der Waals surface area contributed by atoms with Crippen molar-refractivity contribution in [2.75, 3.05) is 38.1 Å². The van der Waals surface area contributed by atoms with E-state index in [1.807, 2.05) is 49.3 Å². The molecule has 0 spiro atoms. The number of phenolic OH excluding ortho intramolecular Hbond substituents is 1. The van der Waals surface area contributed by atoms with Gasteiger partial charge in [0.15, 0.2) is 21.2 Å². The van der Waals surface area contributed by atoms with E-state index in [-0.39, 0.29) is 30.2 Å². The minimum absolute atomic E-state index is 0.125. The lowest BCUT2D eigenvalue weighted by molar-refractivity contribution is -0.138. The number of likely N-dealkylation sites (tertiary alicyclic amines) is 1.